The number of hydrogen-bond acceptors (Lipinski definition) is 5. The average molecular weight is 644 g/mol. The number of piperazine rings is 1. The van der Waals surface area contributed by atoms with Crippen LogP contribution < -0.4 is 0 Å². The van der Waals surface area contributed by atoms with E-state index < -0.39 is 5.41 Å². The van der Waals surface area contributed by atoms with Crippen molar-refractivity contribution in [1.82, 2.24) is 14.7 Å². The summed E-state index contributed by atoms with van der Waals surface area (Å²) in [5.74, 6) is 3.11. The van der Waals surface area contributed by atoms with Gasteiger partial charge in [-0.3, -0.25) is 14.6 Å². The van der Waals surface area contributed by atoms with Crippen molar-refractivity contribution in [2.45, 2.75) is 45.6 Å². The van der Waals surface area contributed by atoms with Crippen molar-refractivity contribution in [2.24, 2.45) is 22.7 Å². The van der Waals surface area contributed by atoms with E-state index in [1.165, 1.54) is 24.0 Å². The molecule has 246 valence electrons. The molecule has 2 aliphatic heterocycles. The Kier molecular flexibility index (Phi) is 10.3. The van der Waals surface area contributed by atoms with Crippen molar-refractivity contribution in [2.75, 3.05) is 60.0 Å². The third-order valence-electron chi connectivity index (χ3n) is 11.0. The van der Waals surface area contributed by atoms with E-state index in [2.05, 4.69) is 88.4 Å². The van der Waals surface area contributed by atoms with Gasteiger partial charge in [-0.05, 0) is 110 Å². The maximum Gasteiger partial charge on any atom is 0.232 e. The Balaban J connectivity index is 1.06. The van der Waals surface area contributed by atoms with Gasteiger partial charge in [0, 0.05) is 50.8 Å². The third kappa shape index (κ3) is 7.25. The van der Waals surface area contributed by atoms with Crippen molar-refractivity contribution >= 4 is 17.5 Å². The first kappa shape index (κ1) is 32.9. The Labute approximate surface area is 280 Å². The third-order valence-corrected chi connectivity index (χ3v) is 11.3. The van der Waals surface area contributed by atoms with E-state index in [1.807, 2.05) is 12.1 Å². The zero-order valence-electron chi connectivity index (χ0n) is 27.8. The molecule has 0 bridgehead atoms. The Bertz CT molecular complexity index is 1390. The number of piperidine rings is 1. The normalized spacial score (nSPS) is 30.4. The van der Waals surface area contributed by atoms with E-state index in [4.69, 9.17) is 21.1 Å². The van der Waals surface area contributed by atoms with E-state index in [0.717, 1.165) is 88.2 Å². The summed E-state index contributed by atoms with van der Waals surface area (Å²) < 4.78 is 11.1. The number of likely N-dealkylation sites (tertiary alicyclic amines) is 1. The van der Waals surface area contributed by atoms with Crippen LogP contribution in [0.1, 0.15) is 44.6 Å². The molecule has 3 unspecified atom stereocenters. The van der Waals surface area contributed by atoms with Crippen LogP contribution in [-0.4, -0.2) is 80.6 Å². The van der Waals surface area contributed by atoms with Crippen molar-refractivity contribution in [1.29, 1.82) is 0 Å². The average Bonchev–Trinajstić information content (AvgIpc) is 3.10. The van der Waals surface area contributed by atoms with Crippen molar-refractivity contribution in [3.05, 3.63) is 107 Å². The molecule has 0 aromatic heterocycles. The molecule has 6 rings (SSSR count). The number of benzene rings is 1. The van der Waals surface area contributed by atoms with Gasteiger partial charge in [0.1, 0.15) is 11.5 Å². The van der Waals surface area contributed by atoms with Gasteiger partial charge in [-0.2, -0.15) is 0 Å². The highest BCUT2D eigenvalue weighted by atomic mass is 35.5. The first-order valence-corrected chi connectivity index (χ1v) is 17.4. The number of halogens is 1. The van der Waals surface area contributed by atoms with Crippen LogP contribution in [0.5, 0.6) is 0 Å². The number of methoxy groups -OCH3 is 2. The first-order chi connectivity index (χ1) is 22.3. The fraction of sp³-hybridized carbons (Fsp3) is 0.513. The highest BCUT2D eigenvalue weighted by Crippen LogP contribution is 2.50. The summed E-state index contributed by atoms with van der Waals surface area (Å²) in [6.07, 6.45) is 25.6. The van der Waals surface area contributed by atoms with Crippen LogP contribution in [0.2, 0.25) is 5.02 Å². The second kappa shape index (κ2) is 14.4. The SMILES string of the molecule is COC1=CCC(C2(C3C=CC(OC)=CC3)CCCN(CC3=CCC(C)(C(=O)N4CCN(Cc5ccc(Cl)cc5)CC4)C=C3)C2)C=C1. The molecule has 5 aliphatic rings. The van der Waals surface area contributed by atoms with Crippen molar-refractivity contribution < 1.29 is 14.3 Å². The second-order valence-electron chi connectivity index (χ2n) is 14.0. The van der Waals surface area contributed by atoms with Gasteiger partial charge in [-0.25, -0.2) is 0 Å². The van der Waals surface area contributed by atoms with Gasteiger partial charge in [-0.1, -0.05) is 54.1 Å². The highest BCUT2D eigenvalue weighted by molar-refractivity contribution is 6.30. The molecular weight excluding hydrogens is 594 g/mol. The van der Waals surface area contributed by atoms with E-state index in [9.17, 15) is 4.79 Å². The Morgan fingerprint density at radius 3 is 2.04 bits per heavy atom. The quantitative estimate of drug-likeness (QED) is 0.286. The Morgan fingerprint density at radius 2 is 1.50 bits per heavy atom. The van der Waals surface area contributed by atoms with Gasteiger partial charge < -0.3 is 14.4 Å². The molecule has 1 aromatic rings. The van der Waals surface area contributed by atoms with Crippen LogP contribution in [-0.2, 0) is 20.8 Å². The van der Waals surface area contributed by atoms with E-state index in [-0.39, 0.29) is 11.3 Å². The lowest BCUT2D eigenvalue weighted by molar-refractivity contribution is -0.140. The standard InChI is InChI=1S/C39H50ClN3O3/c1-38(37(44)43-25-23-41(24-26-43)27-30-5-11-34(40)12-6-30)20-17-31(18-21-38)28-42-22-4-19-39(29-42,32-7-13-35(45-2)14-8-32)33-9-15-36(46-3)16-10-33/h5-7,9,11-18,20,32-33H,4,8,10,19,21-29H2,1-3H3. The van der Waals surface area contributed by atoms with E-state index in [1.54, 1.807) is 14.2 Å². The molecule has 0 saturated carbocycles. The molecule has 3 aliphatic carbocycles. The molecule has 2 fully saturated rings. The van der Waals surface area contributed by atoms with Gasteiger partial charge in [0.15, 0.2) is 0 Å². The summed E-state index contributed by atoms with van der Waals surface area (Å²) in [7, 11) is 3.51. The molecule has 1 amide bonds. The molecule has 7 heteroatoms. The molecule has 1 aromatic carbocycles. The molecule has 6 nitrogen and oxygen atoms in total. The number of amides is 1. The first-order valence-electron chi connectivity index (χ1n) is 17.0. The Hall–Kier alpha value is -3.06. The zero-order valence-corrected chi connectivity index (χ0v) is 28.6. The number of nitrogens with zero attached hydrogens (tertiary/aromatic N) is 3. The van der Waals surface area contributed by atoms with Crippen LogP contribution in [0, 0.1) is 22.7 Å². The maximum atomic E-state index is 13.8. The van der Waals surface area contributed by atoms with Gasteiger partial charge in [0.25, 0.3) is 0 Å². The largest absolute Gasteiger partial charge is 0.497 e. The fourth-order valence-corrected chi connectivity index (χ4v) is 8.33. The van der Waals surface area contributed by atoms with E-state index in [0.29, 0.717) is 11.8 Å². The zero-order chi connectivity index (χ0) is 32.1. The van der Waals surface area contributed by atoms with Crippen LogP contribution in [0.4, 0.5) is 0 Å². The molecule has 3 atom stereocenters. The number of hydrogen-bond donors (Lipinski definition) is 0. The van der Waals surface area contributed by atoms with Gasteiger partial charge in [0.05, 0.1) is 19.6 Å². The Morgan fingerprint density at radius 1 is 0.848 bits per heavy atom. The molecule has 46 heavy (non-hydrogen) atoms. The van der Waals surface area contributed by atoms with Gasteiger partial charge >= 0.3 is 0 Å². The lowest BCUT2D eigenvalue weighted by atomic mass is 9.59. The maximum absolute atomic E-state index is 13.8. The lowest BCUT2D eigenvalue weighted by Crippen LogP contribution is -2.52. The van der Waals surface area contributed by atoms with Crippen LogP contribution in [0.15, 0.2) is 96.0 Å². The number of ether oxygens (including phenoxy) is 2. The minimum absolute atomic E-state index is 0.149. The van der Waals surface area contributed by atoms with Gasteiger partial charge in [-0.15, -0.1) is 0 Å². The summed E-state index contributed by atoms with van der Waals surface area (Å²) in [6.45, 7) is 9.43. The fourth-order valence-electron chi connectivity index (χ4n) is 8.20. The monoisotopic (exact) mass is 643 g/mol. The van der Waals surface area contributed by atoms with Crippen LogP contribution in [0.3, 0.4) is 0 Å². The summed E-state index contributed by atoms with van der Waals surface area (Å²) in [5, 5.41) is 0.765. The highest BCUT2D eigenvalue weighted by Gasteiger charge is 2.46. The van der Waals surface area contributed by atoms with Crippen LogP contribution >= 0.6 is 11.6 Å². The van der Waals surface area contributed by atoms with E-state index >= 15 is 0 Å². The molecule has 0 N–H and O–H groups in total. The smallest absolute Gasteiger partial charge is 0.232 e. The minimum atomic E-state index is -0.482. The number of carbonyl (C=O) groups excluding carboxylic acids is 1. The summed E-state index contributed by atoms with van der Waals surface area (Å²) >= 11 is 6.05. The second-order valence-corrected chi connectivity index (χ2v) is 14.4. The van der Waals surface area contributed by atoms with Gasteiger partial charge in [0.2, 0.25) is 5.91 Å². The lowest BCUT2D eigenvalue weighted by Gasteiger charge is -2.51. The predicted molar refractivity (Wildman–Crippen MR) is 186 cm³/mol. The summed E-state index contributed by atoms with van der Waals surface area (Å²) in [5.41, 5.74) is 2.25. The number of rotatable bonds is 9. The number of allylic oxidation sites excluding steroid dienone is 7. The molecule has 0 spiro atoms. The topological polar surface area (TPSA) is 45.3 Å². The molecule has 2 heterocycles. The molecular formula is C39H50ClN3O3. The van der Waals surface area contributed by atoms with Crippen molar-refractivity contribution in [3.63, 3.8) is 0 Å². The molecule has 0 radical (unpaired) electrons. The summed E-state index contributed by atoms with van der Waals surface area (Å²) in [4.78, 5) is 20.9. The molecule has 2 saturated heterocycles. The van der Waals surface area contributed by atoms with Crippen LogP contribution in [0.25, 0.3) is 0 Å². The predicted octanol–water partition coefficient (Wildman–Crippen LogP) is 7.17. The van der Waals surface area contributed by atoms with Crippen molar-refractivity contribution in [3.8, 4) is 0 Å². The number of carbonyl (C=O) groups is 1. The summed E-state index contributed by atoms with van der Waals surface area (Å²) in [6, 6.07) is 8.07. The minimum Gasteiger partial charge on any atom is -0.497 e.